The van der Waals surface area contributed by atoms with Crippen molar-refractivity contribution in [3.63, 3.8) is 0 Å². The maximum absolute atomic E-state index is 13.0. The summed E-state index contributed by atoms with van der Waals surface area (Å²) in [4.78, 5) is 36.8. The number of Topliss-reactive ketones (excluding diaryl/α,β-unsaturated/α-hetero) is 1. The first-order valence-corrected chi connectivity index (χ1v) is 8.94. The molecule has 3 aromatic rings. The molecule has 0 N–H and O–H groups in total. The average Bonchev–Trinajstić information content (AvgIpc) is 3.01. The molecule has 6 nitrogen and oxygen atoms in total. The number of aromatic nitrogens is 3. The largest absolute Gasteiger partial charge is 0.431 e. The third-order valence-corrected chi connectivity index (χ3v) is 5.62. The molecular formula is C18H16F3N3O3S. The summed E-state index contributed by atoms with van der Waals surface area (Å²) in [5.41, 5.74) is -3.84. The lowest BCUT2D eigenvalue weighted by Crippen LogP contribution is -2.40. The quantitative estimate of drug-likeness (QED) is 0.664. The molecule has 0 aliphatic carbocycles. The predicted octanol–water partition coefficient (Wildman–Crippen LogP) is 3.03. The van der Waals surface area contributed by atoms with E-state index in [-0.39, 0.29) is 11.5 Å². The molecule has 0 atom stereocenters. The molecular weight excluding hydrogens is 395 g/mol. The molecule has 2 aromatic heterocycles. The zero-order chi connectivity index (χ0) is 21.0. The van der Waals surface area contributed by atoms with E-state index in [2.05, 4.69) is 4.37 Å². The van der Waals surface area contributed by atoms with Gasteiger partial charge in [-0.2, -0.15) is 17.5 Å². The van der Waals surface area contributed by atoms with Gasteiger partial charge in [0.15, 0.2) is 0 Å². The van der Waals surface area contributed by atoms with E-state index < -0.39 is 28.5 Å². The number of nitrogens with zero attached hydrogens (tertiary/aromatic N) is 3. The summed E-state index contributed by atoms with van der Waals surface area (Å²) in [6.45, 7) is 4.85. The zero-order valence-electron chi connectivity index (χ0n) is 15.4. The third kappa shape index (κ3) is 3.07. The van der Waals surface area contributed by atoms with Crippen LogP contribution in [0.2, 0.25) is 0 Å². The summed E-state index contributed by atoms with van der Waals surface area (Å²) < 4.78 is 45.2. The number of ketones is 1. The second-order valence-electron chi connectivity index (χ2n) is 6.94. The van der Waals surface area contributed by atoms with Gasteiger partial charge in [-0.1, -0.05) is 0 Å². The fraction of sp³-hybridized carbons (Fsp3) is 0.333. The minimum absolute atomic E-state index is 0.104. The number of halogens is 3. The van der Waals surface area contributed by atoms with E-state index in [9.17, 15) is 27.6 Å². The maximum atomic E-state index is 13.0. The van der Waals surface area contributed by atoms with Gasteiger partial charge in [-0.25, -0.2) is 9.36 Å². The highest BCUT2D eigenvalue weighted by Gasteiger charge is 2.35. The van der Waals surface area contributed by atoms with Crippen LogP contribution in [0.25, 0.3) is 15.8 Å². The number of carbonyl (C=O) groups is 1. The molecule has 0 aliphatic rings. The van der Waals surface area contributed by atoms with E-state index in [4.69, 9.17) is 0 Å². The van der Waals surface area contributed by atoms with E-state index in [0.717, 1.165) is 23.3 Å². The number of hydrogen-bond donors (Lipinski definition) is 0. The molecule has 0 amide bonds. The Morgan fingerprint density at radius 3 is 2.36 bits per heavy atom. The van der Waals surface area contributed by atoms with E-state index in [1.165, 1.54) is 19.1 Å². The topological polar surface area (TPSA) is 74.0 Å². The van der Waals surface area contributed by atoms with Gasteiger partial charge >= 0.3 is 11.9 Å². The summed E-state index contributed by atoms with van der Waals surface area (Å²) in [5, 5.41) is 0.566. The molecule has 0 spiro atoms. The normalized spacial score (nSPS) is 12.5. The Labute approximate surface area is 161 Å². The van der Waals surface area contributed by atoms with Crippen molar-refractivity contribution in [3.05, 3.63) is 56.5 Å². The number of fused-ring (bicyclic) bond motifs is 1. The van der Waals surface area contributed by atoms with Crippen LogP contribution < -0.4 is 11.2 Å². The number of benzene rings is 1. The number of carbonyl (C=O) groups excluding carboxylic acids is 1. The Kier molecular flexibility index (Phi) is 4.57. The Morgan fingerprint density at radius 1 is 1.14 bits per heavy atom. The second kappa shape index (κ2) is 6.40. The highest BCUT2D eigenvalue weighted by atomic mass is 32.1. The predicted molar refractivity (Wildman–Crippen MR) is 99.2 cm³/mol. The highest BCUT2D eigenvalue weighted by molar-refractivity contribution is 7.13. The van der Waals surface area contributed by atoms with Gasteiger partial charge < -0.3 is 0 Å². The second-order valence-corrected chi connectivity index (χ2v) is 7.74. The van der Waals surface area contributed by atoms with E-state index >= 15 is 0 Å². The van der Waals surface area contributed by atoms with E-state index in [1.807, 2.05) is 0 Å². The van der Waals surface area contributed by atoms with Gasteiger partial charge in [-0.3, -0.25) is 14.2 Å². The van der Waals surface area contributed by atoms with Gasteiger partial charge in [0.2, 0.25) is 0 Å². The van der Waals surface area contributed by atoms with Crippen molar-refractivity contribution >= 4 is 27.4 Å². The van der Waals surface area contributed by atoms with Crippen molar-refractivity contribution < 1.29 is 18.0 Å². The summed E-state index contributed by atoms with van der Waals surface area (Å²) in [5.74, 6) is -0.118. The fourth-order valence-electron chi connectivity index (χ4n) is 2.82. The van der Waals surface area contributed by atoms with Crippen LogP contribution in [0, 0.1) is 0 Å². The molecule has 3 rings (SSSR count). The Morgan fingerprint density at radius 2 is 1.79 bits per heavy atom. The van der Waals surface area contributed by atoms with Crippen LogP contribution in [0.5, 0.6) is 0 Å². The molecule has 28 heavy (non-hydrogen) atoms. The van der Waals surface area contributed by atoms with Crippen LogP contribution in [0.15, 0.2) is 33.9 Å². The molecule has 0 radical (unpaired) electrons. The van der Waals surface area contributed by atoms with Gasteiger partial charge in [-0.05, 0) is 50.5 Å². The van der Waals surface area contributed by atoms with Gasteiger partial charge in [0.25, 0.3) is 5.56 Å². The van der Waals surface area contributed by atoms with Crippen molar-refractivity contribution in [2.45, 2.75) is 32.4 Å². The summed E-state index contributed by atoms with van der Waals surface area (Å²) in [7, 11) is 0.954. The van der Waals surface area contributed by atoms with Gasteiger partial charge in [0, 0.05) is 18.5 Å². The standard InChI is InChI=1S/C18H16F3N3O3S/c1-9(25)17(2,3)15-11-7-10(5-6-12(11)28-22-15)24-14(26)8-13(18(19,20)21)23(4)16(24)27/h5-8H,1-4H3. The molecule has 0 fully saturated rings. The average molecular weight is 411 g/mol. The van der Waals surface area contributed by atoms with Gasteiger partial charge in [0.1, 0.15) is 11.5 Å². The Bertz CT molecular complexity index is 1220. The first-order valence-electron chi connectivity index (χ1n) is 8.17. The van der Waals surface area contributed by atoms with Crippen LogP contribution in [-0.4, -0.2) is 19.3 Å². The van der Waals surface area contributed by atoms with Gasteiger partial charge in [0.05, 0.1) is 21.5 Å². The first-order chi connectivity index (χ1) is 12.9. The Hall–Kier alpha value is -2.75. The molecule has 0 unspecified atom stereocenters. The van der Waals surface area contributed by atoms with E-state index in [1.54, 1.807) is 19.9 Å². The number of alkyl halides is 3. The molecule has 0 saturated heterocycles. The van der Waals surface area contributed by atoms with Crippen molar-refractivity contribution in [1.82, 2.24) is 13.5 Å². The van der Waals surface area contributed by atoms with E-state index in [0.29, 0.717) is 26.3 Å². The van der Waals surface area contributed by atoms with Crippen molar-refractivity contribution in [2.75, 3.05) is 0 Å². The maximum Gasteiger partial charge on any atom is 0.431 e. The monoisotopic (exact) mass is 411 g/mol. The smallest absolute Gasteiger partial charge is 0.299 e. The van der Waals surface area contributed by atoms with Crippen LogP contribution >= 0.6 is 11.5 Å². The molecule has 10 heteroatoms. The lowest BCUT2D eigenvalue weighted by atomic mass is 9.83. The molecule has 0 aliphatic heterocycles. The minimum atomic E-state index is -4.83. The zero-order valence-corrected chi connectivity index (χ0v) is 16.2. The van der Waals surface area contributed by atoms with Crippen LogP contribution in [0.4, 0.5) is 13.2 Å². The summed E-state index contributed by atoms with van der Waals surface area (Å²) in [6, 6.07) is 4.96. The highest BCUT2D eigenvalue weighted by Crippen LogP contribution is 2.34. The van der Waals surface area contributed by atoms with Crippen molar-refractivity contribution in [1.29, 1.82) is 0 Å². The Balaban J connectivity index is 2.29. The number of hydrogen-bond acceptors (Lipinski definition) is 5. The van der Waals surface area contributed by atoms with Crippen molar-refractivity contribution in [3.8, 4) is 5.69 Å². The molecule has 0 saturated carbocycles. The lowest BCUT2D eigenvalue weighted by Gasteiger charge is -2.19. The summed E-state index contributed by atoms with van der Waals surface area (Å²) in [6.07, 6.45) is -4.83. The van der Waals surface area contributed by atoms with Crippen LogP contribution in [-0.2, 0) is 23.4 Å². The third-order valence-electron chi connectivity index (χ3n) is 4.79. The molecule has 148 valence electrons. The molecule has 1 aromatic carbocycles. The molecule has 2 heterocycles. The fourth-order valence-corrected chi connectivity index (χ4v) is 3.72. The van der Waals surface area contributed by atoms with Crippen molar-refractivity contribution in [2.24, 2.45) is 7.05 Å². The number of rotatable bonds is 3. The van der Waals surface area contributed by atoms with Gasteiger partial charge in [-0.15, -0.1) is 0 Å². The molecule has 0 bridgehead atoms. The SMILES string of the molecule is CC(=O)C(C)(C)c1nsc2ccc(-n3c(=O)cc(C(F)(F)F)n(C)c3=O)cc12. The van der Waals surface area contributed by atoms with Crippen LogP contribution in [0.1, 0.15) is 32.2 Å². The van der Waals surface area contributed by atoms with Crippen LogP contribution in [0.3, 0.4) is 0 Å². The minimum Gasteiger partial charge on any atom is -0.299 e. The summed E-state index contributed by atoms with van der Waals surface area (Å²) >= 11 is 1.16. The first kappa shape index (κ1) is 20.0. The lowest BCUT2D eigenvalue weighted by molar-refractivity contribution is -0.144.